The SMILES string of the molecule is Cn1c(C(N)c2ccccc2)nc2cc(F)ccc21. The summed E-state index contributed by atoms with van der Waals surface area (Å²) in [6, 6.07) is 14.0. The minimum Gasteiger partial charge on any atom is -0.330 e. The molecule has 1 unspecified atom stereocenters. The first-order valence-electron chi connectivity index (χ1n) is 6.09. The van der Waals surface area contributed by atoms with Crippen molar-refractivity contribution in [1.29, 1.82) is 0 Å². The van der Waals surface area contributed by atoms with Gasteiger partial charge in [-0.15, -0.1) is 0 Å². The first-order valence-corrected chi connectivity index (χ1v) is 6.09. The number of aromatic nitrogens is 2. The standard InChI is InChI=1S/C15H14FN3/c1-19-13-8-7-11(16)9-12(13)18-15(19)14(17)10-5-3-2-4-6-10/h2-9,14H,17H2,1H3. The van der Waals surface area contributed by atoms with Crippen molar-refractivity contribution in [1.82, 2.24) is 9.55 Å². The molecule has 0 aliphatic rings. The van der Waals surface area contributed by atoms with E-state index in [0.29, 0.717) is 5.52 Å². The molecule has 0 bridgehead atoms. The lowest BCUT2D eigenvalue weighted by Gasteiger charge is -2.11. The average Bonchev–Trinajstić information content (AvgIpc) is 2.75. The number of rotatable bonds is 2. The van der Waals surface area contributed by atoms with Crippen molar-refractivity contribution in [3.8, 4) is 0 Å². The topological polar surface area (TPSA) is 43.8 Å². The van der Waals surface area contributed by atoms with Gasteiger partial charge in [0.1, 0.15) is 11.6 Å². The maximum absolute atomic E-state index is 13.2. The molecule has 0 aliphatic carbocycles. The summed E-state index contributed by atoms with van der Waals surface area (Å²) in [5, 5.41) is 0. The molecule has 2 aromatic carbocycles. The van der Waals surface area contributed by atoms with E-state index < -0.39 is 0 Å². The molecule has 0 spiro atoms. The van der Waals surface area contributed by atoms with E-state index in [9.17, 15) is 4.39 Å². The zero-order valence-corrected chi connectivity index (χ0v) is 10.5. The molecule has 0 fully saturated rings. The van der Waals surface area contributed by atoms with Crippen LogP contribution in [0.4, 0.5) is 4.39 Å². The van der Waals surface area contributed by atoms with Gasteiger partial charge >= 0.3 is 0 Å². The van der Waals surface area contributed by atoms with E-state index in [-0.39, 0.29) is 11.9 Å². The van der Waals surface area contributed by atoms with Crippen molar-refractivity contribution in [2.75, 3.05) is 0 Å². The first kappa shape index (κ1) is 11.9. The molecule has 0 amide bonds. The number of hydrogen-bond donors (Lipinski definition) is 1. The third-order valence-corrected chi connectivity index (χ3v) is 3.31. The van der Waals surface area contributed by atoms with E-state index in [2.05, 4.69) is 4.98 Å². The summed E-state index contributed by atoms with van der Waals surface area (Å²) < 4.78 is 15.1. The van der Waals surface area contributed by atoms with Crippen LogP contribution in [-0.4, -0.2) is 9.55 Å². The Kier molecular flexibility index (Phi) is 2.80. The molecule has 0 saturated heterocycles. The molecule has 0 radical (unpaired) electrons. The Morgan fingerprint density at radius 1 is 1.16 bits per heavy atom. The molecular formula is C15H14FN3. The van der Waals surface area contributed by atoms with Crippen molar-refractivity contribution in [3.63, 3.8) is 0 Å². The maximum atomic E-state index is 13.2. The lowest BCUT2D eigenvalue weighted by Crippen LogP contribution is -2.16. The largest absolute Gasteiger partial charge is 0.330 e. The maximum Gasteiger partial charge on any atom is 0.131 e. The Labute approximate surface area is 110 Å². The summed E-state index contributed by atoms with van der Waals surface area (Å²) in [6.45, 7) is 0. The number of aryl methyl sites for hydroxylation is 1. The molecule has 1 heterocycles. The lowest BCUT2D eigenvalue weighted by molar-refractivity contribution is 0.629. The monoisotopic (exact) mass is 255 g/mol. The second kappa shape index (κ2) is 4.48. The molecule has 0 saturated carbocycles. The number of benzene rings is 2. The molecule has 3 rings (SSSR count). The van der Waals surface area contributed by atoms with E-state index in [1.54, 1.807) is 6.07 Å². The Balaban J connectivity index is 2.13. The molecular weight excluding hydrogens is 241 g/mol. The fraction of sp³-hybridized carbons (Fsp3) is 0.133. The van der Waals surface area contributed by atoms with Crippen LogP contribution in [0.5, 0.6) is 0 Å². The summed E-state index contributed by atoms with van der Waals surface area (Å²) in [7, 11) is 1.89. The second-order valence-electron chi connectivity index (χ2n) is 4.55. The van der Waals surface area contributed by atoms with Crippen molar-refractivity contribution < 1.29 is 4.39 Å². The highest BCUT2D eigenvalue weighted by molar-refractivity contribution is 5.76. The van der Waals surface area contributed by atoms with Gasteiger partial charge in [-0.1, -0.05) is 30.3 Å². The van der Waals surface area contributed by atoms with Crippen LogP contribution in [0.2, 0.25) is 0 Å². The summed E-state index contributed by atoms with van der Waals surface area (Å²) in [5.41, 5.74) is 8.74. The summed E-state index contributed by atoms with van der Waals surface area (Å²) in [5.74, 6) is 0.442. The zero-order valence-electron chi connectivity index (χ0n) is 10.5. The number of nitrogens with zero attached hydrogens (tertiary/aromatic N) is 2. The molecule has 0 aliphatic heterocycles. The Bertz CT molecular complexity index is 719. The van der Waals surface area contributed by atoms with Gasteiger partial charge in [-0.05, 0) is 17.7 Å². The molecule has 4 heteroatoms. The smallest absolute Gasteiger partial charge is 0.131 e. The van der Waals surface area contributed by atoms with Crippen LogP contribution in [0.25, 0.3) is 11.0 Å². The van der Waals surface area contributed by atoms with Crippen LogP contribution in [0, 0.1) is 5.82 Å². The molecule has 1 aromatic heterocycles. The second-order valence-corrected chi connectivity index (χ2v) is 4.55. The fourth-order valence-corrected chi connectivity index (χ4v) is 2.28. The molecule has 19 heavy (non-hydrogen) atoms. The highest BCUT2D eigenvalue weighted by Crippen LogP contribution is 2.23. The molecule has 96 valence electrons. The third-order valence-electron chi connectivity index (χ3n) is 3.31. The van der Waals surface area contributed by atoms with E-state index in [4.69, 9.17) is 5.73 Å². The van der Waals surface area contributed by atoms with Crippen LogP contribution >= 0.6 is 0 Å². The van der Waals surface area contributed by atoms with Gasteiger partial charge in [-0.2, -0.15) is 0 Å². The Morgan fingerprint density at radius 2 is 1.89 bits per heavy atom. The Morgan fingerprint density at radius 3 is 2.63 bits per heavy atom. The number of hydrogen-bond acceptors (Lipinski definition) is 2. The molecule has 1 atom stereocenters. The average molecular weight is 255 g/mol. The fourth-order valence-electron chi connectivity index (χ4n) is 2.28. The number of nitrogens with two attached hydrogens (primary N) is 1. The number of imidazole rings is 1. The van der Waals surface area contributed by atoms with E-state index in [1.165, 1.54) is 12.1 Å². The minimum absolute atomic E-state index is 0.287. The predicted molar refractivity (Wildman–Crippen MR) is 73.1 cm³/mol. The van der Waals surface area contributed by atoms with Gasteiger partial charge in [-0.3, -0.25) is 0 Å². The van der Waals surface area contributed by atoms with E-state index in [0.717, 1.165) is 16.9 Å². The van der Waals surface area contributed by atoms with Gasteiger partial charge in [0.2, 0.25) is 0 Å². The molecule has 2 N–H and O–H groups in total. The zero-order chi connectivity index (χ0) is 13.4. The van der Waals surface area contributed by atoms with Gasteiger partial charge in [0.05, 0.1) is 17.1 Å². The van der Waals surface area contributed by atoms with Crippen LogP contribution in [-0.2, 0) is 7.05 Å². The van der Waals surface area contributed by atoms with Crippen LogP contribution in [0.3, 0.4) is 0 Å². The first-order chi connectivity index (χ1) is 9.16. The summed E-state index contributed by atoms with van der Waals surface area (Å²) in [6.07, 6.45) is 0. The summed E-state index contributed by atoms with van der Waals surface area (Å²) >= 11 is 0. The van der Waals surface area contributed by atoms with Gasteiger partial charge < -0.3 is 10.3 Å². The van der Waals surface area contributed by atoms with Crippen molar-refractivity contribution in [2.45, 2.75) is 6.04 Å². The van der Waals surface area contributed by atoms with Crippen molar-refractivity contribution >= 4 is 11.0 Å². The van der Waals surface area contributed by atoms with Crippen molar-refractivity contribution in [3.05, 3.63) is 65.7 Å². The quantitative estimate of drug-likeness (QED) is 0.765. The van der Waals surface area contributed by atoms with Gasteiger partial charge in [0, 0.05) is 13.1 Å². The number of halogens is 1. The van der Waals surface area contributed by atoms with Crippen molar-refractivity contribution in [2.24, 2.45) is 12.8 Å². The Hall–Kier alpha value is -2.20. The summed E-state index contributed by atoms with van der Waals surface area (Å²) in [4.78, 5) is 4.45. The van der Waals surface area contributed by atoms with Gasteiger partial charge in [0.25, 0.3) is 0 Å². The van der Waals surface area contributed by atoms with Crippen LogP contribution in [0.15, 0.2) is 48.5 Å². The highest BCUT2D eigenvalue weighted by atomic mass is 19.1. The minimum atomic E-state index is -0.318. The van der Waals surface area contributed by atoms with Gasteiger partial charge in [-0.25, -0.2) is 9.37 Å². The van der Waals surface area contributed by atoms with Gasteiger partial charge in [0.15, 0.2) is 0 Å². The predicted octanol–water partition coefficient (Wildman–Crippen LogP) is 2.76. The number of fused-ring (bicyclic) bond motifs is 1. The van der Waals surface area contributed by atoms with Crippen LogP contribution < -0.4 is 5.73 Å². The third kappa shape index (κ3) is 2.00. The molecule has 3 aromatic rings. The van der Waals surface area contributed by atoms with Crippen LogP contribution in [0.1, 0.15) is 17.4 Å². The molecule has 3 nitrogen and oxygen atoms in total. The van der Waals surface area contributed by atoms with E-state index >= 15 is 0 Å². The lowest BCUT2D eigenvalue weighted by atomic mass is 10.1. The highest BCUT2D eigenvalue weighted by Gasteiger charge is 2.16. The normalized spacial score (nSPS) is 12.8. The van der Waals surface area contributed by atoms with E-state index in [1.807, 2.05) is 41.9 Å².